The van der Waals surface area contributed by atoms with Crippen molar-refractivity contribution < 1.29 is 9.90 Å². The number of thioether (sulfide) groups is 1. The first-order chi connectivity index (χ1) is 9.52. The molecule has 5 nitrogen and oxygen atoms in total. The van der Waals surface area contributed by atoms with Gasteiger partial charge in [0, 0.05) is 25.3 Å². The van der Waals surface area contributed by atoms with Gasteiger partial charge in [-0.25, -0.2) is 4.98 Å². The molecule has 0 saturated carbocycles. The van der Waals surface area contributed by atoms with E-state index in [4.69, 9.17) is 0 Å². The van der Waals surface area contributed by atoms with E-state index < -0.39 is 6.10 Å². The Kier molecular flexibility index (Phi) is 5.01. The number of aliphatic hydroxyl groups is 1. The average molecular weight is 295 g/mol. The third-order valence-corrected chi connectivity index (χ3v) is 4.14. The van der Waals surface area contributed by atoms with Crippen LogP contribution in [0.4, 0.5) is 0 Å². The van der Waals surface area contributed by atoms with Crippen LogP contribution in [-0.2, 0) is 0 Å². The number of likely N-dealkylation sites (tertiary alicyclic amines) is 1. The lowest BCUT2D eigenvalue weighted by molar-refractivity contribution is 0.0695. The second-order valence-electron chi connectivity index (χ2n) is 5.32. The van der Waals surface area contributed by atoms with Gasteiger partial charge in [0.05, 0.1) is 11.7 Å². The maximum Gasteiger partial charge on any atom is 0.256 e. The summed E-state index contributed by atoms with van der Waals surface area (Å²) in [6, 6.07) is 3.64. The summed E-state index contributed by atoms with van der Waals surface area (Å²) in [7, 11) is 3.95. The Balaban J connectivity index is 2.22. The molecule has 2 atom stereocenters. The Morgan fingerprint density at radius 3 is 3.00 bits per heavy atom. The van der Waals surface area contributed by atoms with Gasteiger partial charge in [-0.15, -0.1) is 11.8 Å². The molecule has 0 bridgehead atoms. The van der Waals surface area contributed by atoms with E-state index in [1.165, 1.54) is 11.8 Å². The zero-order valence-corrected chi connectivity index (χ0v) is 12.9. The molecular weight excluding hydrogens is 274 g/mol. The number of pyridine rings is 1. The number of hydrogen-bond acceptors (Lipinski definition) is 5. The number of likely N-dealkylation sites (N-methyl/N-ethyl adjacent to an activating group) is 1. The Morgan fingerprint density at radius 1 is 1.60 bits per heavy atom. The summed E-state index contributed by atoms with van der Waals surface area (Å²) in [4.78, 5) is 20.8. The topological polar surface area (TPSA) is 56.7 Å². The molecule has 1 fully saturated rings. The number of β-amino-alcohol motifs (C(OH)–C–C–N with tert-alkyl or cyclic N) is 1. The van der Waals surface area contributed by atoms with Crippen molar-refractivity contribution in [2.45, 2.75) is 23.6 Å². The van der Waals surface area contributed by atoms with Crippen LogP contribution in [0.15, 0.2) is 23.4 Å². The third-order valence-electron chi connectivity index (χ3n) is 3.42. The minimum Gasteiger partial charge on any atom is -0.391 e. The molecule has 1 saturated heterocycles. The lowest BCUT2D eigenvalue weighted by Gasteiger charge is -2.27. The van der Waals surface area contributed by atoms with Crippen LogP contribution in [0.25, 0.3) is 0 Å². The van der Waals surface area contributed by atoms with Crippen molar-refractivity contribution in [3.05, 3.63) is 23.9 Å². The van der Waals surface area contributed by atoms with Crippen LogP contribution in [0.5, 0.6) is 0 Å². The predicted octanol–water partition coefficient (Wildman–Crippen LogP) is 0.941. The summed E-state index contributed by atoms with van der Waals surface area (Å²) in [5, 5.41) is 10.6. The van der Waals surface area contributed by atoms with Crippen molar-refractivity contribution in [3.63, 3.8) is 0 Å². The maximum absolute atomic E-state index is 12.7. The highest BCUT2D eigenvalue weighted by molar-refractivity contribution is 7.98. The molecule has 1 aromatic heterocycles. The molecule has 2 heterocycles. The zero-order chi connectivity index (χ0) is 14.7. The highest BCUT2D eigenvalue weighted by Crippen LogP contribution is 2.24. The van der Waals surface area contributed by atoms with E-state index in [-0.39, 0.29) is 11.9 Å². The van der Waals surface area contributed by atoms with Gasteiger partial charge in [-0.05, 0) is 38.9 Å². The van der Waals surface area contributed by atoms with Crippen LogP contribution >= 0.6 is 11.8 Å². The number of nitrogens with zero attached hydrogens (tertiary/aromatic N) is 3. The lowest BCUT2D eigenvalue weighted by atomic mass is 10.1. The Morgan fingerprint density at radius 2 is 2.35 bits per heavy atom. The van der Waals surface area contributed by atoms with Gasteiger partial charge in [0.15, 0.2) is 0 Å². The van der Waals surface area contributed by atoms with Gasteiger partial charge in [0.2, 0.25) is 0 Å². The molecule has 0 radical (unpaired) electrons. The minimum absolute atomic E-state index is 0.0362. The van der Waals surface area contributed by atoms with E-state index in [2.05, 4.69) is 4.98 Å². The molecule has 2 unspecified atom stereocenters. The monoisotopic (exact) mass is 295 g/mol. The van der Waals surface area contributed by atoms with Gasteiger partial charge in [0.1, 0.15) is 5.03 Å². The largest absolute Gasteiger partial charge is 0.391 e. The Bertz CT molecular complexity index is 481. The summed E-state index contributed by atoms with van der Waals surface area (Å²) in [5.74, 6) is -0.0362. The predicted molar refractivity (Wildman–Crippen MR) is 80.0 cm³/mol. The normalized spacial score (nSPS) is 22.6. The maximum atomic E-state index is 12.7. The number of carbonyl (C=O) groups excluding carboxylic acids is 1. The summed E-state index contributed by atoms with van der Waals surface area (Å²) in [5.41, 5.74) is 0.623. The van der Waals surface area contributed by atoms with Gasteiger partial charge in [-0.3, -0.25) is 4.79 Å². The van der Waals surface area contributed by atoms with Crippen LogP contribution < -0.4 is 0 Å². The number of hydrogen-bond donors (Lipinski definition) is 1. The lowest BCUT2D eigenvalue weighted by Crippen LogP contribution is -2.41. The number of aliphatic hydroxyl groups excluding tert-OH is 1. The molecule has 2 rings (SSSR count). The highest BCUT2D eigenvalue weighted by Gasteiger charge is 2.35. The van der Waals surface area contributed by atoms with Gasteiger partial charge >= 0.3 is 0 Å². The third kappa shape index (κ3) is 3.31. The van der Waals surface area contributed by atoms with E-state index in [1.807, 2.05) is 25.3 Å². The van der Waals surface area contributed by atoms with Crippen LogP contribution in [0, 0.1) is 0 Å². The Labute approximate surface area is 124 Å². The molecule has 1 N–H and O–H groups in total. The van der Waals surface area contributed by atoms with Crippen molar-refractivity contribution in [2.75, 3.05) is 33.4 Å². The van der Waals surface area contributed by atoms with Crippen molar-refractivity contribution in [1.82, 2.24) is 14.8 Å². The van der Waals surface area contributed by atoms with Crippen molar-refractivity contribution >= 4 is 17.7 Å². The van der Waals surface area contributed by atoms with Crippen LogP contribution in [0.3, 0.4) is 0 Å². The molecule has 1 aliphatic heterocycles. The number of amides is 1. The molecule has 6 heteroatoms. The fourth-order valence-electron chi connectivity index (χ4n) is 2.61. The zero-order valence-electron chi connectivity index (χ0n) is 12.1. The molecule has 1 amide bonds. The van der Waals surface area contributed by atoms with E-state index in [1.54, 1.807) is 23.2 Å². The van der Waals surface area contributed by atoms with Gasteiger partial charge in [-0.2, -0.15) is 0 Å². The smallest absolute Gasteiger partial charge is 0.256 e. The van der Waals surface area contributed by atoms with Crippen LogP contribution in [-0.4, -0.2) is 71.4 Å². The second kappa shape index (κ2) is 6.56. The molecule has 0 aliphatic carbocycles. The molecule has 1 aromatic rings. The fourth-order valence-corrected chi connectivity index (χ4v) is 3.15. The van der Waals surface area contributed by atoms with Crippen molar-refractivity contribution in [3.8, 4) is 0 Å². The Hall–Kier alpha value is -1.11. The van der Waals surface area contributed by atoms with Gasteiger partial charge in [-0.1, -0.05) is 0 Å². The number of aromatic nitrogens is 1. The SMILES string of the molecule is CSc1ncccc1C(=O)N1CC(O)CC1CN(C)C. The fraction of sp³-hybridized carbons (Fsp3) is 0.571. The van der Waals surface area contributed by atoms with Crippen molar-refractivity contribution in [2.24, 2.45) is 0 Å². The van der Waals surface area contributed by atoms with Gasteiger partial charge < -0.3 is 14.9 Å². The van der Waals surface area contributed by atoms with E-state index in [0.29, 0.717) is 18.5 Å². The minimum atomic E-state index is -0.432. The van der Waals surface area contributed by atoms with Crippen LogP contribution in [0.1, 0.15) is 16.8 Å². The van der Waals surface area contributed by atoms with Crippen LogP contribution in [0.2, 0.25) is 0 Å². The second-order valence-corrected chi connectivity index (χ2v) is 6.12. The standard InChI is InChI=1S/C14H21N3O2S/c1-16(2)8-10-7-11(18)9-17(10)14(19)12-5-4-6-15-13(12)20-3/h4-6,10-11,18H,7-9H2,1-3H3. The average Bonchev–Trinajstić information content (AvgIpc) is 2.77. The summed E-state index contributed by atoms with van der Waals surface area (Å²) < 4.78 is 0. The summed E-state index contributed by atoms with van der Waals surface area (Å²) in [6.07, 6.45) is 3.81. The van der Waals surface area contributed by atoms with Gasteiger partial charge in [0.25, 0.3) is 5.91 Å². The van der Waals surface area contributed by atoms with Crippen molar-refractivity contribution in [1.29, 1.82) is 0 Å². The quantitative estimate of drug-likeness (QED) is 0.838. The molecular formula is C14H21N3O2S. The first-order valence-electron chi connectivity index (χ1n) is 6.65. The van der Waals surface area contributed by atoms with E-state index in [9.17, 15) is 9.90 Å². The van der Waals surface area contributed by atoms with E-state index >= 15 is 0 Å². The van der Waals surface area contributed by atoms with E-state index in [0.717, 1.165) is 11.6 Å². The molecule has 0 spiro atoms. The summed E-state index contributed by atoms with van der Waals surface area (Å²) >= 11 is 1.47. The molecule has 0 aromatic carbocycles. The summed E-state index contributed by atoms with van der Waals surface area (Å²) in [6.45, 7) is 1.16. The molecule has 1 aliphatic rings. The number of rotatable bonds is 4. The first kappa shape index (κ1) is 15.3. The number of carbonyl (C=O) groups is 1. The molecule has 110 valence electrons. The highest BCUT2D eigenvalue weighted by atomic mass is 32.2. The molecule has 20 heavy (non-hydrogen) atoms. The first-order valence-corrected chi connectivity index (χ1v) is 7.88.